The Morgan fingerprint density at radius 2 is 1.54 bits per heavy atom. The first-order valence-corrected chi connectivity index (χ1v) is 19.9. The summed E-state index contributed by atoms with van der Waals surface area (Å²) in [5.41, 5.74) is 0.519. The molecule has 0 unspecified atom stereocenters. The number of fused-ring (bicyclic) bond motifs is 1. The maximum atomic E-state index is 14.0. The SMILES string of the molecule is CC1(C)O[C@H]2/C(=[N+](/[O-])[C@@H]3C=C[C@@H](Cl)CC3)[C@H](CO[Si](C)(C)C(C)(C)C)O[C@@]2(CO[Si](C)(C)C(C)(C)C)O1. The van der Waals surface area contributed by atoms with E-state index < -0.39 is 40.4 Å². The zero-order valence-corrected chi connectivity index (χ0v) is 27.8. The van der Waals surface area contributed by atoms with Gasteiger partial charge in [0.1, 0.15) is 0 Å². The van der Waals surface area contributed by atoms with E-state index in [1.165, 1.54) is 0 Å². The van der Waals surface area contributed by atoms with E-state index in [0.717, 1.165) is 11.2 Å². The Balaban J connectivity index is 2.01. The van der Waals surface area contributed by atoms with Crippen LogP contribution < -0.4 is 0 Å². The van der Waals surface area contributed by atoms with Crippen LogP contribution in [0.25, 0.3) is 0 Å². The Hall–Kier alpha value is -0.266. The number of allylic oxidation sites excluding steroid dienone is 1. The van der Waals surface area contributed by atoms with E-state index in [0.29, 0.717) is 12.1 Å². The van der Waals surface area contributed by atoms with Gasteiger partial charge in [0.05, 0.1) is 18.6 Å². The summed E-state index contributed by atoms with van der Waals surface area (Å²) in [6, 6.07) is -0.339. The molecule has 0 spiro atoms. The van der Waals surface area contributed by atoms with Gasteiger partial charge in [0.15, 0.2) is 34.6 Å². The van der Waals surface area contributed by atoms with Crippen molar-refractivity contribution in [3.8, 4) is 0 Å². The molecule has 0 aromatic rings. The largest absolute Gasteiger partial charge is 0.623 e. The highest BCUT2D eigenvalue weighted by Crippen LogP contribution is 2.47. The van der Waals surface area contributed by atoms with Gasteiger partial charge < -0.3 is 28.3 Å². The second-order valence-corrected chi connectivity index (χ2v) is 24.5. The number of rotatable bonds is 7. The molecule has 7 nitrogen and oxygen atoms in total. The quantitative estimate of drug-likeness (QED) is 0.0855. The predicted molar refractivity (Wildman–Crippen MR) is 154 cm³/mol. The lowest BCUT2D eigenvalue weighted by Crippen LogP contribution is -2.51. The highest BCUT2D eigenvalue weighted by atomic mass is 35.5. The van der Waals surface area contributed by atoms with Gasteiger partial charge in [-0.25, -0.2) is 4.74 Å². The number of hydrogen-bond donors (Lipinski definition) is 0. The highest BCUT2D eigenvalue weighted by molar-refractivity contribution is 6.74. The Bertz CT molecular complexity index is 908. The van der Waals surface area contributed by atoms with Crippen molar-refractivity contribution in [1.29, 1.82) is 0 Å². The van der Waals surface area contributed by atoms with Crippen molar-refractivity contribution in [2.75, 3.05) is 13.2 Å². The molecule has 0 amide bonds. The summed E-state index contributed by atoms with van der Waals surface area (Å²) in [4.78, 5) is 0. The van der Waals surface area contributed by atoms with Crippen molar-refractivity contribution in [2.45, 2.75) is 140 Å². The van der Waals surface area contributed by atoms with Gasteiger partial charge in [-0.2, -0.15) is 0 Å². The topological polar surface area (TPSA) is 72.2 Å². The van der Waals surface area contributed by atoms with Crippen LogP contribution in [0, 0.1) is 5.21 Å². The zero-order chi connectivity index (χ0) is 28.2. The van der Waals surface area contributed by atoms with Crippen molar-refractivity contribution in [3.05, 3.63) is 17.4 Å². The Morgan fingerprint density at radius 3 is 2.05 bits per heavy atom. The van der Waals surface area contributed by atoms with Gasteiger partial charge in [-0.05, 0) is 62.6 Å². The average Bonchev–Trinajstić information content (AvgIpc) is 3.15. The molecular formula is C27H50ClNO6Si2. The second kappa shape index (κ2) is 10.3. The summed E-state index contributed by atoms with van der Waals surface area (Å²) in [6.45, 7) is 26.2. The molecule has 37 heavy (non-hydrogen) atoms. The first-order chi connectivity index (χ1) is 16.6. The normalized spacial score (nSPS) is 34.1. The van der Waals surface area contributed by atoms with Gasteiger partial charge in [-0.1, -0.05) is 47.6 Å². The molecule has 1 aliphatic carbocycles. The minimum absolute atomic E-state index is 0.0136. The number of ether oxygens (including phenoxy) is 3. The van der Waals surface area contributed by atoms with Crippen molar-refractivity contribution < 1.29 is 27.8 Å². The molecule has 10 heteroatoms. The molecule has 2 fully saturated rings. The Morgan fingerprint density at radius 1 is 0.973 bits per heavy atom. The lowest BCUT2D eigenvalue weighted by molar-refractivity contribution is -0.494. The summed E-state index contributed by atoms with van der Waals surface area (Å²) in [5, 5.41) is 14.0. The molecule has 0 saturated carbocycles. The van der Waals surface area contributed by atoms with Crippen LogP contribution in [0.5, 0.6) is 0 Å². The number of nitrogens with zero attached hydrogens (tertiary/aromatic N) is 1. The maximum Gasteiger partial charge on any atom is 0.231 e. The number of hydrogen-bond acceptors (Lipinski definition) is 6. The third-order valence-corrected chi connectivity index (χ3v) is 18.2. The zero-order valence-electron chi connectivity index (χ0n) is 25.1. The number of halogens is 1. The third-order valence-electron chi connectivity index (χ3n) is 8.84. The Labute approximate surface area is 231 Å². The predicted octanol–water partition coefficient (Wildman–Crippen LogP) is 6.55. The highest BCUT2D eigenvalue weighted by Gasteiger charge is 2.67. The summed E-state index contributed by atoms with van der Waals surface area (Å²) >= 11 is 6.28. The van der Waals surface area contributed by atoms with Gasteiger partial charge in [-0.3, -0.25) is 0 Å². The van der Waals surface area contributed by atoms with Crippen molar-refractivity contribution in [1.82, 2.24) is 0 Å². The van der Waals surface area contributed by atoms with Crippen LogP contribution >= 0.6 is 11.6 Å². The summed E-state index contributed by atoms with van der Waals surface area (Å²) < 4.78 is 33.8. The molecule has 2 heterocycles. The molecule has 0 bridgehead atoms. The van der Waals surface area contributed by atoms with Crippen LogP contribution in [0.1, 0.15) is 68.2 Å². The average molecular weight is 576 g/mol. The van der Waals surface area contributed by atoms with Crippen molar-refractivity contribution in [3.63, 3.8) is 0 Å². The van der Waals surface area contributed by atoms with E-state index in [-0.39, 0.29) is 34.7 Å². The molecular weight excluding hydrogens is 526 g/mol. The fourth-order valence-corrected chi connectivity index (χ4v) is 6.59. The van der Waals surface area contributed by atoms with Crippen LogP contribution in [0.4, 0.5) is 0 Å². The number of alkyl halides is 1. The van der Waals surface area contributed by atoms with Gasteiger partial charge in [0.25, 0.3) is 0 Å². The van der Waals surface area contributed by atoms with E-state index in [4.69, 9.17) is 34.7 Å². The lowest BCUT2D eigenvalue weighted by atomic mass is 10.0. The van der Waals surface area contributed by atoms with Gasteiger partial charge in [0, 0.05) is 6.42 Å². The molecule has 2 saturated heterocycles. The minimum Gasteiger partial charge on any atom is -0.623 e. The molecule has 0 radical (unpaired) electrons. The van der Waals surface area contributed by atoms with E-state index >= 15 is 0 Å². The smallest absolute Gasteiger partial charge is 0.231 e. The fourth-order valence-electron chi connectivity index (χ4n) is 4.38. The molecule has 214 valence electrons. The minimum atomic E-state index is -2.14. The molecule has 0 N–H and O–H groups in total. The second-order valence-electron chi connectivity index (χ2n) is 14.3. The monoisotopic (exact) mass is 575 g/mol. The molecule has 3 aliphatic rings. The molecule has 3 rings (SSSR count). The Kier molecular flexibility index (Phi) is 8.69. The van der Waals surface area contributed by atoms with Gasteiger partial charge in [-0.15, -0.1) is 11.6 Å². The molecule has 0 aromatic carbocycles. The maximum absolute atomic E-state index is 14.0. The fraction of sp³-hybridized carbons (Fsp3) is 0.889. The van der Waals surface area contributed by atoms with Crippen LogP contribution in [0.15, 0.2) is 12.2 Å². The lowest BCUT2D eigenvalue weighted by Gasteiger charge is -2.39. The van der Waals surface area contributed by atoms with Crippen LogP contribution in [-0.4, -0.2) is 75.5 Å². The molecule has 5 atom stereocenters. The van der Waals surface area contributed by atoms with Crippen LogP contribution in [-0.2, 0) is 23.1 Å². The molecule has 2 aliphatic heterocycles. The van der Waals surface area contributed by atoms with E-state index in [2.05, 4.69) is 67.7 Å². The molecule has 0 aromatic heterocycles. The van der Waals surface area contributed by atoms with E-state index in [1.54, 1.807) is 0 Å². The van der Waals surface area contributed by atoms with Crippen LogP contribution in [0.2, 0.25) is 36.3 Å². The number of hydroxylamine groups is 1. The summed E-state index contributed by atoms with van der Waals surface area (Å²) in [5.74, 6) is -2.14. The van der Waals surface area contributed by atoms with Crippen molar-refractivity contribution in [2.24, 2.45) is 0 Å². The van der Waals surface area contributed by atoms with E-state index in [1.807, 2.05) is 26.0 Å². The summed E-state index contributed by atoms with van der Waals surface area (Å²) in [7, 11) is -4.23. The standard InChI is InChI=1S/C27H50ClNO6Si2/c1-24(2,3)36(9,10)31-17-21-22(29(30)20-15-13-19(28)14-16-20)23-27(33-21,35-26(7,8)34-23)18-32-37(11,12)25(4,5)6/h13,15,19-21,23H,14,16-18H2,1-12H3/b29-22+/t19-,20-,21+,23+,27+/m1/s1. The van der Waals surface area contributed by atoms with Gasteiger partial charge >= 0.3 is 0 Å². The van der Waals surface area contributed by atoms with Crippen molar-refractivity contribution >= 4 is 33.9 Å². The van der Waals surface area contributed by atoms with E-state index in [9.17, 15) is 5.21 Å². The van der Waals surface area contributed by atoms with Gasteiger partial charge in [0.2, 0.25) is 17.6 Å². The summed E-state index contributed by atoms with van der Waals surface area (Å²) in [6.07, 6.45) is 3.92. The van der Waals surface area contributed by atoms with Crippen LogP contribution in [0.3, 0.4) is 0 Å². The third kappa shape index (κ3) is 6.56. The first-order valence-electron chi connectivity index (χ1n) is 13.6. The first kappa shape index (κ1) is 31.3.